The van der Waals surface area contributed by atoms with Crippen molar-refractivity contribution in [3.63, 3.8) is 0 Å². The molecule has 0 aromatic heterocycles. The van der Waals surface area contributed by atoms with Gasteiger partial charge in [0.2, 0.25) is 0 Å². The van der Waals surface area contributed by atoms with Crippen LogP contribution in [0.4, 0.5) is 0 Å². The van der Waals surface area contributed by atoms with Crippen molar-refractivity contribution in [2.45, 2.75) is 13.0 Å². The number of hydrogen-bond donors (Lipinski definition) is 1. The van der Waals surface area contributed by atoms with Gasteiger partial charge in [0, 0.05) is 18.0 Å². The zero-order valence-corrected chi connectivity index (χ0v) is 8.42. The summed E-state index contributed by atoms with van der Waals surface area (Å²) < 4.78 is 5.35. The molecule has 0 amide bonds. The van der Waals surface area contributed by atoms with Gasteiger partial charge in [0.25, 0.3) is 0 Å². The van der Waals surface area contributed by atoms with E-state index in [1.54, 1.807) is 0 Å². The van der Waals surface area contributed by atoms with Gasteiger partial charge >= 0.3 is 0 Å². The Kier molecular flexibility index (Phi) is 3.32. The Balaban J connectivity index is 2.47. The predicted octanol–water partition coefficient (Wildman–Crippen LogP) is -0.0848. The molecule has 3 nitrogen and oxygen atoms in total. The van der Waals surface area contributed by atoms with Crippen LogP contribution in [0, 0.1) is 17.8 Å². The Hall–Kier alpha value is -0.560. The molecule has 13 heavy (non-hydrogen) atoms. The first-order chi connectivity index (χ1) is 6.08. The standard InChI is InChI=1S/C10H18N2O/c1-4-5-12(3)7-10(2)8-13-6-9(10)11/h1,9H,5-8,11H2,2-3H3. The average Bonchev–Trinajstić information content (AvgIpc) is 2.32. The van der Waals surface area contributed by atoms with Crippen LogP contribution in [-0.2, 0) is 4.74 Å². The molecular weight excluding hydrogens is 164 g/mol. The highest BCUT2D eigenvalue weighted by molar-refractivity contribution is 4.94. The molecule has 2 N–H and O–H groups in total. The minimum absolute atomic E-state index is 0.0611. The van der Waals surface area contributed by atoms with Crippen molar-refractivity contribution >= 4 is 0 Å². The van der Waals surface area contributed by atoms with Crippen LogP contribution in [-0.4, -0.2) is 44.3 Å². The first kappa shape index (κ1) is 10.5. The molecule has 0 aromatic carbocycles. The molecule has 1 saturated heterocycles. The Morgan fingerprint density at radius 3 is 2.92 bits per heavy atom. The van der Waals surface area contributed by atoms with E-state index in [4.69, 9.17) is 16.9 Å². The first-order valence-electron chi connectivity index (χ1n) is 4.54. The maximum absolute atomic E-state index is 5.95. The predicted molar refractivity (Wildman–Crippen MR) is 53.2 cm³/mol. The van der Waals surface area contributed by atoms with Gasteiger partial charge < -0.3 is 10.5 Å². The smallest absolute Gasteiger partial charge is 0.0624 e. The second kappa shape index (κ2) is 4.10. The number of ether oxygens (including phenoxy) is 1. The van der Waals surface area contributed by atoms with E-state index in [0.29, 0.717) is 13.2 Å². The lowest BCUT2D eigenvalue weighted by Crippen LogP contribution is -2.45. The fraction of sp³-hybridized carbons (Fsp3) is 0.800. The Bertz CT molecular complexity index is 211. The largest absolute Gasteiger partial charge is 0.379 e. The van der Waals surface area contributed by atoms with Crippen molar-refractivity contribution in [1.29, 1.82) is 0 Å². The molecule has 2 unspecified atom stereocenters. The van der Waals surface area contributed by atoms with Gasteiger partial charge in [-0.25, -0.2) is 0 Å². The van der Waals surface area contributed by atoms with Crippen LogP contribution in [0.2, 0.25) is 0 Å². The summed E-state index contributed by atoms with van der Waals surface area (Å²) >= 11 is 0. The molecule has 0 radical (unpaired) electrons. The number of nitrogens with two attached hydrogens (primary N) is 1. The highest BCUT2D eigenvalue weighted by Crippen LogP contribution is 2.27. The van der Waals surface area contributed by atoms with E-state index in [1.165, 1.54) is 0 Å². The van der Waals surface area contributed by atoms with Gasteiger partial charge in [0.05, 0.1) is 19.8 Å². The molecule has 1 aliphatic rings. The third kappa shape index (κ3) is 2.44. The summed E-state index contributed by atoms with van der Waals surface area (Å²) in [6.07, 6.45) is 5.23. The third-order valence-electron chi connectivity index (χ3n) is 2.62. The van der Waals surface area contributed by atoms with E-state index in [2.05, 4.69) is 17.7 Å². The van der Waals surface area contributed by atoms with Gasteiger partial charge in [0.15, 0.2) is 0 Å². The monoisotopic (exact) mass is 182 g/mol. The molecule has 0 saturated carbocycles. The second-order valence-corrected chi connectivity index (χ2v) is 4.15. The summed E-state index contributed by atoms with van der Waals surface area (Å²) in [7, 11) is 2.01. The molecule has 1 aliphatic heterocycles. The number of rotatable bonds is 3. The summed E-state index contributed by atoms with van der Waals surface area (Å²) in [5.74, 6) is 2.62. The van der Waals surface area contributed by atoms with E-state index in [0.717, 1.165) is 13.2 Å². The highest BCUT2D eigenvalue weighted by atomic mass is 16.5. The van der Waals surface area contributed by atoms with Crippen molar-refractivity contribution in [1.82, 2.24) is 4.90 Å². The third-order valence-corrected chi connectivity index (χ3v) is 2.62. The lowest BCUT2D eigenvalue weighted by Gasteiger charge is -2.31. The van der Waals surface area contributed by atoms with Crippen LogP contribution >= 0.6 is 0 Å². The SMILES string of the molecule is C#CCN(C)CC1(C)COCC1N. The highest BCUT2D eigenvalue weighted by Gasteiger charge is 2.38. The molecule has 0 spiro atoms. The fourth-order valence-corrected chi connectivity index (χ4v) is 1.72. The van der Waals surface area contributed by atoms with Gasteiger partial charge in [-0.2, -0.15) is 0 Å². The van der Waals surface area contributed by atoms with Crippen molar-refractivity contribution in [2.24, 2.45) is 11.1 Å². The van der Waals surface area contributed by atoms with Crippen LogP contribution in [0.15, 0.2) is 0 Å². The first-order valence-corrected chi connectivity index (χ1v) is 4.54. The van der Waals surface area contributed by atoms with Gasteiger partial charge in [-0.05, 0) is 7.05 Å². The maximum atomic E-state index is 5.95. The average molecular weight is 182 g/mol. The second-order valence-electron chi connectivity index (χ2n) is 4.15. The molecule has 1 rings (SSSR count). The Morgan fingerprint density at radius 1 is 1.77 bits per heavy atom. The van der Waals surface area contributed by atoms with E-state index in [-0.39, 0.29) is 11.5 Å². The minimum atomic E-state index is 0.0611. The summed E-state index contributed by atoms with van der Waals surface area (Å²) in [4.78, 5) is 2.11. The van der Waals surface area contributed by atoms with Gasteiger partial charge in [-0.3, -0.25) is 4.90 Å². The van der Waals surface area contributed by atoms with Crippen molar-refractivity contribution in [3.05, 3.63) is 0 Å². The maximum Gasteiger partial charge on any atom is 0.0624 e. The summed E-state index contributed by atoms with van der Waals surface area (Å²) in [5.41, 5.74) is 6.02. The normalized spacial score (nSPS) is 33.6. The van der Waals surface area contributed by atoms with Crippen molar-refractivity contribution in [2.75, 3.05) is 33.4 Å². The molecular formula is C10H18N2O. The minimum Gasteiger partial charge on any atom is -0.379 e. The molecule has 74 valence electrons. The van der Waals surface area contributed by atoms with Gasteiger partial charge in [0.1, 0.15) is 0 Å². The zero-order valence-electron chi connectivity index (χ0n) is 8.42. The van der Waals surface area contributed by atoms with Crippen LogP contribution in [0.5, 0.6) is 0 Å². The van der Waals surface area contributed by atoms with Crippen LogP contribution in [0.25, 0.3) is 0 Å². The number of hydrogen-bond acceptors (Lipinski definition) is 3. The van der Waals surface area contributed by atoms with Crippen LogP contribution < -0.4 is 5.73 Å². The van der Waals surface area contributed by atoms with Crippen molar-refractivity contribution < 1.29 is 4.74 Å². The molecule has 3 heteroatoms. The molecule has 0 aromatic rings. The lowest BCUT2D eigenvalue weighted by molar-refractivity contribution is 0.135. The molecule has 1 heterocycles. The zero-order chi connectivity index (χ0) is 9.90. The van der Waals surface area contributed by atoms with Crippen molar-refractivity contribution in [3.8, 4) is 12.3 Å². The van der Waals surface area contributed by atoms with E-state index in [1.807, 2.05) is 7.05 Å². The van der Waals surface area contributed by atoms with Crippen LogP contribution in [0.3, 0.4) is 0 Å². The summed E-state index contributed by atoms with van der Waals surface area (Å²) in [6.45, 7) is 5.13. The summed E-state index contributed by atoms with van der Waals surface area (Å²) in [5, 5.41) is 0. The molecule has 1 fully saturated rings. The summed E-state index contributed by atoms with van der Waals surface area (Å²) in [6, 6.07) is 0.132. The molecule has 2 atom stereocenters. The quantitative estimate of drug-likeness (QED) is 0.620. The Labute approximate surface area is 80.2 Å². The van der Waals surface area contributed by atoms with E-state index < -0.39 is 0 Å². The lowest BCUT2D eigenvalue weighted by atomic mass is 9.85. The van der Waals surface area contributed by atoms with Crippen LogP contribution in [0.1, 0.15) is 6.92 Å². The van der Waals surface area contributed by atoms with E-state index >= 15 is 0 Å². The number of nitrogens with zero attached hydrogens (tertiary/aromatic N) is 1. The fourth-order valence-electron chi connectivity index (χ4n) is 1.72. The topological polar surface area (TPSA) is 38.5 Å². The van der Waals surface area contributed by atoms with Gasteiger partial charge in [-0.1, -0.05) is 12.8 Å². The number of terminal acetylenes is 1. The Morgan fingerprint density at radius 2 is 2.46 bits per heavy atom. The van der Waals surface area contributed by atoms with Gasteiger partial charge in [-0.15, -0.1) is 6.42 Å². The molecule has 0 aliphatic carbocycles. The van der Waals surface area contributed by atoms with E-state index in [9.17, 15) is 0 Å². The molecule has 0 bridgehead atoms.